The van der Waals surface area contributed by atoms with Crippen LogP contribution in [0, 0.1) is 17.1 Å². The normalized spacial score (nSPS) is 18.9. The Hall–Kier alpha value is -2.97. The van der Waals surface area contributed by atoms with Crippen LogP contribution in [0.4, 0.5) is 4.39 Å². The summed E-state index contributed by atoms with van der Waals surface area (Å²) in [5.41, 5.74) is 6.09. The maximum atomic E-state index is 14.1. The number of benzene rings is 2. The Morgan fingerprint density at radius 2 is 2.04 bits per heavy atom. The molecule has 0 fully saturated rings. The largest absolute Gasteiger partial charge is 0.340 e. The lowest BCUT2D eigenvalue weighted by Gasteiger charge is -2.37. The highest BCUT2D eigenvalue weighted by Crippen LogP contribution is 2.30. The highest BCUT2D eigenvalue weighted by Gasteiger charge is 2.29. The molecule has 0 bridgehead atoms. The van der Waals surface area contributed by atoms with Crippen LogP contribution >= 0.6 is 0 Å². The van der Waals surface area contributed by atoms with E-state index < -0.39 is 0 Å². The molecule has 2 aliphatic rings. The number of aromatic nitrogens is 2. The molecule has 5 rings (SSSR count). The molecule has 0 saturated heterocycles. The molecule has 2 heterocycles. The van der Waals surface area contributed by atoms with Crippen LogP contribution in [-0.2, 0) is 25.8 Å². The van der Waals surface area contributed by atoms with Gasteiger partial charge in [0.2, 0.25) is 0 Å². The second-order valence-electron chi connectivity index (χ2n) is 7.70. The first-order valence-corrected chi connectivity index (χ1v) is 9.80. The molecular formula is C23H21FN4. The van der Waals surface area contributed by atoms with E-state index in [4.69, 9.17) is 0 Å². The number of hydrogen-bond acceptors (Lipinski definition) is 3. The summed E-state index contributed by atoms with van der Waals surface area (Å²) in [7, 11) is 0. The predicted octanol–water partition coefficient (Wildman–Crippen LogP) is 4.00. The van der Waals surface area contributed by atoms with Crippen molar-refractivity contribution in [2.45, 2.75) is 38.3 Å². The summed E-state index contributed by atoms with van der Waals surface area (Å²) in [6.07, 6.45) is 4.04. The standard InChI is InChI=1S/C23H21FN4/c24-20-4-2-1-3-19(20)23-26-21-9-10-28(14-22(21)27-23)18-8-7-16-6-5-15(13-25)11-17(16)12-18/h1-6,11,18H,7-10,12,14H2,(H,26,27). The molecule has 1 atom stereocenters. The molecule has 1 aromatic heterocycles. The van der Waals surface area contributed by atoms with E-state index in [-0.39, 0.29) is 5.82 Å². The van der Waals surface area contributed by atoms with Gasteiger partial charge in [0.25, 0.3) is 0 Å². The Morgan fingerprint density at radius 1 is 1.14 bits per heavy atom. The molecule has 0 amide bonds. The quantitative estimate of drug-likeness (QED) is 0.740. The Kier molecular flexibility index (Phi) is 4.22. The molecule has 0 radical (unpaired) electrons. The van der Waals surface area contributed by atoms with E-state index in [1.165, 1.54) is 17.2 Å². The highest BCUT2D eigenvalue weighted by atomic mass is 19.1. The number of halogens is 1. The molecular weight excluding hydrogens is 351 g/mol. The smallest absolute Gasteiger partial charge is 0.140 e. The van der Waals surface area contributed by atoms with Crippen LogP contribution < -0.4 is 0 Å². The van der Waals surface area contributed by atoms with Crippen molar-refractivity contribution in [2.75, 3.05) is 6.54 Å². The molecule has 1 aliphatic carbocycles. The zero-order chi connectivity index (χ0) is 19.1. The first-order chi connectivity index (χ1) is 13.7. The molecule has 1 unspecified atom stereocenters. The second-order valence-corrected chi connectivity index (χ2v) is 7.70. The third kappa shape index (κ3) is 3.00. The fourth-order valence-electron chi connectivity index (χ4n) is 4.53. The maximum Gasteiger partial charge on any atom is 0.140 e. The van der Waals surface area contributed by atoms with Crippen molar-refractivity contribution in [1.29, 1.82) is 5.26 Å². The van der Waals surface area contributed by atoms with Crippen LogP contribution in [0.5, 0.6) is 0 Å². The van der Waals surface area contributed by atoms with Crippen molar-refractivity contribution >= 4 is 0 Å². The monoisotopic (exact) mass is 372 g/mol. The van der Waals surface area contributed by atoms with Crippen molar-refractivity contribution in [3.63, 3.8) is 0 Å². The van der Waals surface area contributed by atoms with Crippen molar-refractivity contribution in [1.82, 2.24) is 14.9 Å². The van der Waals surface area contributed by atoms with Gasteiger partial charge in [-0.15, -0.1) is 0 Å². The zero-order valence-corrected chi connectivity index (χ0v) is 15.6. The van der Waals surface area contributed by atoms with E-state index in [1.54, 1.807) is 12.1 Å². The lowest BCUT2D eigenvalue weighted by atomic mass is 9.86. The summed E-state index contributed by atoms with van der Waals surface area (Å²) in [4.78, 5) is 10.5. The number of aryl methyl sites for hydroxylation is 1. The summed E-state index contributed by atoms with van der Waals surface area (Å²) in [6.45, 7) is 1.78. The number of imidazole rings is 1. The summed E-state index contributed by atoms with van der Waals surface area (Å²) in [6, 6.07) is 15.6. The van der Waals surface area contributed by atoms with Gasteiger partial charge in [-0.05, 0) is 54.7 Å². The lowest BCUT2D eigenvalue weighted by molar-refractivity contribution is 0.160. The topological polar surface area (TPSA) is 55.7 Å². The molecule has 2 aromatic carbocycles. The van der Waals surface area contributed by atoms with Gasteiger partial charge in [0.1, 0.15) is 11.6 Å². The van der Waals surface area contributed by atoms with Crippen LogP contribution in [-0.4, -0.2) is 27.5 Å². The number of nitrogens with one attached hydrogen (secondary N) is 1. The first kappa shape index (κ1) is 17.2. The van der Waals surface area contributed by atoms with Gasteiger partial charge in [0.15, 0.2) is 0 Å². The zero-order valence-electron chi connectivity index (χ0n) is 15.6. The van der Waals surface area contributed by atoms with Gasteiger partial charge in [0.05, 0.1) is 28.6 Å². The van der Waals surface area contributed by atoms with Gasteiger partial charge in [-0.3, -0.25) is 4.90 Å². The van der Waals surface area contributed by atoms with Gasteiger partial charge in [0, 0.05) is 25.6 Å². The number of aromatic amines is 1. The van der Waals surface area contributed by atoms with Gasteiger partial charge in [-0.1, -0.05) is 18.2 Å². The molecule has 1 aliphatic heterocycles. The Labute approximate surface area is 163 Å². The minimum absolute atomic E-state index is 0.248. The number of rotatable bonds is 2. The Morgan fingerprint density at radius 3 is 2.89 bits per heavy atom. The van der Waals surface area contributed by atoms with E-state index in [1.807, 2.05) is 18.2 Å². The Balaban J connectivity index is 1.36. The molecule has 3 aromatic rings. The van der Waals surface area contributed by atoms with Crippen molar-refractivity contribution in [2.24, 2.45) is 0 Å². The van der Waals surface area contributed by atoms with Crippen molar-refractivity contribution in [3.05, 3.63) is 76.4 Å². The van der Waals surface area contributed by atoms with Gasteiger partial charge >= 0.3 is 0 Å². The number of fused-ring (bicyclic) bond motifs is 2. The molecule has 0 saturated carbocycles. The summed E-state index contributed by atoms with van der Waals surface area (Å²) in [5, 5.41) is 9.18. The van der Waals surface area contributed by atoms with Crippen molar-refractivity contribution < 1.29 is 4.39 Å². The van der Waals surface area contributed by atoms with Gasteiger partial charge in [-0.2, -0.15) is 5.26 Å². The average molecular weight is 372 g/mol. The molecule has 28 heavy (non-hydrogen) atoms. The van der Waals surface area contributed by atoms with Crippen LogP contribution in [0.15, 0.2) is 42.5 Å². The minimum Gasteiger partial charge on any atom is -0.340 e. The fraction of sp³-hybridized carbons (Fsp3) is 0.304. The summed E-state index contributed by atoms with van der Waals surface area (Å²) < 4.78 is 14.1. The maximum absolute atomic E-state index is 14.1. The lowest BCUT2D eigenvalue weighted by Crippen LogP contribution is -2.42. The number of H-pyrrole nitrogens is 1. The van der Waals surface area contributed by atoms with Crippen LogP contribution in [0.3, 0.4) is 0 Å². The molecule has 4 nitrogen and oxygen atoms in total. The molecule has 140 valence electrons. The van der Waals surface area contributed by atoms with E-state index in [0.29, 0.717) is 17.4 Å². The summed E-state index contributed by atoms with van der Waals surface area (Å²) in [5.74, 6) is 0.375. The number of hydrogen-bond donors (Lipinski definition) is 1. The van der Waals surface area contributed by atoms with E-state index in [0.717, 1.165) is 55.7 Å². The Bertz CT molecular complexity index is 1080. The second kappa shape index (κ2) is 6.88. The number of nitrogens with zero attached hydrogens (tertiary/aromatic N) is 3. The third-order valence-corrected chi connectivity index (χ3v) is 6.04. The van der Waals surface area contributed by atoms with Crippen LogP contribution in [0.2, 0.25) is 0 Å². The minimum atomic E-state index is -0.248. The van der Waals surface area contributed by atoms with Crippen molar-refractivity contribution in [3.8, 4) is 17.5 Å². The van der Waals surface area contributed by atoms with Gasteiger partial charge < -0.3 is 4.98 Å². The fourth-order valence-corrected chi connectivity index (χ4v) is 4.53. The van der Waals surface area contributed by atoms with E-state index in [9.17, 15) is 9.65 Å². The van der Waals surface area contributed by atoms with Crippen LogP contribution in [0.25, 0.3) is 11.4 Å². The van der Waals surface area contributed by atoms with E-state index >= 15 is 0 Å². The molecule has 0 spiro atoms. The van der Waals surface area contributed by atoms with Gasteiger partial charge in [-0.25, -0.2) is 9.37 Å². The average Bonchev–Trinajstić information content (AvgIpc) is 3.16. The summed E-state index contributed by atoms with van der Waals surface area (Å²) >= 11 is 0. The number of nitriles is 1. The molecule has 1 N–H and O–H groups in total. The highest BCUT2D eigenvalue weighted by molar-refractivity contribution is 5.57. The SMILES string of the molecule is N#Cc1ccc2c(c1)CC(N1CCc3nc(-c4ccccc4F)[nH]c3C1)CC2. The van der Waals surface area contributed by atoms with Crippen LogP contribution in [0.1, 0.15) is 34.5 Å². The predicted molar refractivity (Wildman–Crippen MR) is 105 cm³/mol. The third-order valence-electron chi connectivity index (χ3n) is 6.04. The molecule has 5 heteroatoms. The first-order valence-electron chi connectivity index (χ1n) is 9.80. The van der Waals surface area contributed by atoms with E-state index in [2.05, 4.69) is 27.0 Å².